The Hall–Kier alpha value is -1.26. The van der Waals surface area contributed by atoms with Crippen molar-refractivity contribution in [1.82, 2.24) is 5.32 Å². The van der Waals surface area contributed by atoms with E-state index in [9.17, 15) is 9.90 Å². The number of aliphatic hydroxyl groups is 1. The predicted octanol–water partition coefficient (Wildman–Crippen LogP) is 5.17. The summed E-state index contributed by atoms with van der Waals surface area (Å²) in [7, 11) is 0. The van der Waals surface area contributed by atoms with Gasteiger partial charge in [-0.25, -0.2) is 0 Å². The van der Waals surface area contributed by atoms with E-state index in [0.717, 1.165) is 11.1 Å². The van der Waals surface area contributed by atoms with Gasteiger partial charge in [-0.05, 0) is 67.0 Å². The van der Waals surface area contributed by atoms with Gasteiger partial charge in [-0.15, -0.1) is 0 Å². The van der Waals surface area contributed by atoms with Crippen LogP contribution < -0.4 is 5.32 Å². The Balaban J connectivity index is 1.85. The fourth-order valence-corrected chi connectivity index (χ4v) is 5.63. The Morgan fingerprint density at radius 1 is 1.07 bits per heavy atom. The number of halogens is 3. The van der Waals surface area contributed by atoms with Crippen molar-refractivity contribution in [3.63, 3.8) is 0 Å². The highest BCUT2D eigenvalue weighted by atomic mass is 35.5. The Kier molecular flexibility index (Phi) is 4.92. The molecular formula is C21H20Cl3NO2. The molecule has 5 atom stereocenters. The normalized spacial score (nSPS) is 32.9. The Morgan fingerprint density at radius 3 is 2.41 bits per heavy atom. The number of rotatable bonds is 2. The third kappa shape index (κ3) is 3.15. The first kappa shape index (κ1) is 19.1. The molecule has 0 spiro atoms. The Morgan fingerprint density at radius 2 is 1.74 bits per heavy atom. The smallest absolute Gasteiger partial charge is 0.252 e. The minimum Gasteiger partial charge on any atom is -0.380 e. The zero-order valence-corrected chi connectivity index (χ0v) is 17.0. The molecule has 0 unspecified atom stereocenters. The van der Waals surface area contributed by atoms with Gasteiger partial charge in [0.15, 0.2) is 0 Å². The van der Waals surface area contributed by atoms with Gasteiger partial charge in [0.2, 0.25) is 0 Å². The molecule has 3 nitrogen and oxygen atoms in total. The van der Waals surface area contributed by atoms with E-state index in [0.29, 0.717) is 27.9 Å². The maximum atomic E-state index is 12.5. The molecule has 2 N–H and O–H groups in total. The number of hydrogen-bond donors (Lipinski definition) is 2. The van der Waals surface area contributed by atoms with Gasteiger partial charge in [0, 0.05) is 27.0 Å². The van der Waals surface area contributed by atoms with Crippen LogP contribution in [0.3, 0.4) is 0 Å². The van der Waals surface area contributed by atoms with Crippen LogP contribution in [0, 0.1) is 5.92 Å². The van der Waals surface area contributed by atoms with Crippen molar-refractivity contribution < 1.29 is 9.90 Å². The van der Waals surface area contributed by atoms with Crippen LogP contribution in [0.25, 0.3) is 0 Å². The van der Waals surface area contributed by atoms with E-state index in [4.69, 9.17) is 34.8 Å². The van der Waals surface area contributed by atoms with E-state index < -0.39 is 5.60 Å². The molecule has 2 aliphatic rings. The molecule has 6 heteroatoms. The number of nitrogens with one attached hydrogen (secondary N) is 1. The van der Waals surface area contributed by atoms with E-state index in [2.05, 4.69) is 5.32 Å². The summed E-state index contributed by atoms with van der Waals surface area (Å²) in [5, 5.41) is 16.0. The molecule has 1 heterocycles. The zero-order valence-electron chi connectivity index (χ0n) is 14.8. The summed E-state index contributed by atoms with van der Waals surface area (Å²) in [6.07, 6.45) is 1.06. The number of benzene rings is 2. The lowest BCUT2D eigenvalue weighted by Gasteiger charge is -2.45. The zero-order chi connectivity index (χ0) is 19.3. The molecule has 1 aliphatic heterocycles. The lowest BCUT2D eigenvalue weighted by molar-refractivity contribution is -0.142. The maximum absolute atomic E-state index is 12.5. The van der Waals surface area contributed by atoms with Crippen molar-refractivity contribution in [1.29, 1.82) is 0 Å². The van der Waals surface area contributed by atoms with Crippen LogP contribution in [0.5, 0.6) is 0 Å². The first-order valence-corrected chi connectivity index (χ1v) is 10.2. The van der Waals surface area contributed by atoms with Gasteiger partial charge in [0.25, 0.3) is 5.91 Å². The largest absolute Gasteiger partial charge is 0.380 e. The SMILES string of the molecule is C[C@H]1NC(=O)[C@]2(O)CC[C@@H](c3ccc(Cl)cc3Cl)[C@H](c3ccc(Cl)cc3)[C@H]12. The topological polar surface area (TPSA) is 49.3 Å². The van der Waals surface area contributed by atoms with Crippen molar-refractivity contribution in [2.24, 2.45) is 5.92 Å². The number of amides is 1. The van der Waals surface area contributed by atoms with Crippen molar-refractivity contribution in [3.8, 4) is 0 Å². The molecule has 2 aromatic rings. The molecule has 142 valence electrons. The van der Waals surface area contributed by atoms with Gasteiger partial charge >= 0.3 is 0 Å². The lowest BCUT2D eigenvalue weighted by atomic mass is 9.60. The van der Waals surface area contributed by atoms with Crippen LogP contribution in [-0.4, -0.2) is 22.7 Å². The van der Waals surface area contributed by atoms with Crippen LogP contribution in [0.2, 0.25) is 15.1 Å². The number of fused-ring (bicyclic) bond motifs is 1. The van der Waals surface area contributed by atoms with Crippen molar-refractivity contribution in [2.75, 3.05) is 0 Å². The second kappa shape index (κ2) is 6.97. The van der Waals surface area contributed by atoms with E-state index in [1.807, 2.05) is 43.3 Å². The van der Waals surface area contributed by atoms with Gasteiger partial charge in [0.05, 0.1) is 0 Å². The summed E-state index contributed by atoms with van der Waals surface area (Å²) in [6.45, 7) is 1.95. The second-order valence-electron chi connectivity index (χ2n) is 7.60. The molecule has 0 aromatic heterocycles. The molecule has 0 radical (unpaired) electrons. The summed E-state index contributed by atoms with van der Waals surface area (Å²) >= 11 is 18.7. The molecular weight excluding hydrogens is 405 g/mol. The summed E-state index contributed by atoms with van der Waals surface area (Å²) in [6, 6.07) is 13.1. The Labute approximate surface area is 173 Å². The number of carbonyl (C=O) groups excluding carboxylic acids is 1. The molecule has 1 aliphatic carbocycles. The average Bonchev–Trinajstić information content (AvgIpc) is 2.85. The fraction of sp³-hybridized carbons (Fsp3) is 0.381. The molecule has 4 rings (SSSR count). The van der Waals surface area contributed by atoms with E-state index in [1.165, 1.54) is 0 Å². The quantitative estimate of drug-likeness (QED) is 0.698. The number of hydrogen-bond acceptors (Lipinski definition) is 2. The third-order valence-corrected chi connectivity index (χ3v) is 6.93. The minimum absolute atomic E-state index is 0.0661. The van der Waals surface area contributed by atoms with Gasteiger partial charge in [-0.2, -0.15) is 0 Å². The highest BCUT2D eigenvalue weighted by Gasteiger charge is 2.59. The van der Waals surface area contributed by atoms with Gasteiger partial charge < -0.3 is 10.4 Å². The molecule has 2 fully saturated rings. The summed E-state index contributed by atoms with van der Waals surface area (Å²) in [5.41, 5.74) is 0.676. The lowest BCUT2D eigenvalue weighted by Crippen LogP contribution is -2.49. The van der Waals surface area contributed by atoms with Gasteiger partial charge in [0.1, 0.15) is 5.60 Å². The first-order valence-electron chi connectivity index (χ1n) is 9.05. The second-order valence-corrected chi connectivity index (χ2v) is 8.88. The molecule has 1 amide bonds. The van der Waals surface area contributed by atoms with Crippen molar-refractivity contribution in [3.05, 3.63) is 68.7 Å². The minimum atomic E-state index is -1.36. The molecule has 27 heavy (non-hydrogen) atoms. The van der Waals surface area contributed by atoms with Gasteiger partial charge in [-0.1, -0.05) is 53.0 Å². The van der Waals surface area contributed by atoms with Crippen LogP contribution in [-0.2, 0) is 4.79 Å². The maximum Gasteiger partial charge on any atom is 0.252 e. The molecule has 1 saturated carbocycles. The standard InChI is InChI=1S/C21H20Cl3NO2/c1-11-19-18(12-2-4-13(22)5-3-12)16(8-9-21(19,27)20(26)25-11)15-7-6-14(23)10-17(15)24/h2-7,10-11,16,18-19,27H,8-9H2,1H3,(H,25,26)/t11-,16+,18+,19+,21+/m1/s1. The highest BCUT2D eigenvalue weighted by Crippen LogP contribution is 2.55. The van der Waals surface area contributed by atoms with Crippen LogP contribution in [0.4, 0.5) is 0 Å². The summed E-state index contributed by atoms with van der Waals surface area (Å²) in [5.74, 6) is -0.540. The van der Waals surface area contributed by atoms with Crippen molar-refractivity contribution >= 4 is 40.7 Å². The molecule has 0 bridgehead atoms. The first-order chi connectivity index (χ1) is 12.8. The monoisotopic (exact) mass is 423 g/mol. The average molecular weight is 425 g/mol. The van der Waals surface area contributed by atoms with Crippen LogP contribution in [0.1, 0.15) is 42.7 Å². The van der Waals surface area contributed by atoms with E-state index >= 15 is 0 Å². The molecule has 1 saturated heterocycles. The third-order valence-electron chi connectivity index (χ3n) is 6.12. The molecule has 2 aromatic carbocycles. The van der Waals surface area contributed by atoms with Gasteiger partial charge in [-0.3, -0.25) is 4.79 Å². The Bertz CT molecular complexity index is 885. The number of carbonyl (C=O) groups is 1. The van der Waals surface area contributed by atoms with Crippen molar-refractivity contribution in [2.45, 2.75) is 43.2 Å². The predicted molar refractivity (Wildman–Crippen MR) is 109 cm³/mol. The van der Waals surface area contributed by atoms with E-state index in [-0.39, 0.29) is 29.7 Å². The highest BCUT2D eigenvalue weighted by molar-refractivity contribution is 6.35. The van der Waals surface area contributed by atoms with Crippen LogP contribution >= 0.6 is 34.8 Å². The fourth-order valence-electron chi connectivity index (χ4n) is 4.96. The van der Waals surface area contributed by atoms with E-state index in [1.54, 1.807) is 6.07 Å². The van der Waals surface area contributed by atoms with Crippen LogP contribution in [0.15, 0.2) is 42.5 Å². The summed E-state index contributed by atoms with van der Waals surface area (Å²) in [4.78, 5) is 12.5. The summed E-state index contributed by atoms with van der Waals surface area (Å²) < 4.78 is 0.